The van der Waals surface area contributed by atoms with Gasteiger partial charge in [0, 0.05) is 6.61 Å². The third kappa shape index (κ3) is 4.64. The molecule has 0 fully saturated rings. The Hall–Kier alpha value is -2.00. The second kappa shape index (κ2) is 7.44. The van der Waals surface area contributed by atoms with Crippen LogP contribution in [0.4, 0.5) is 0 Å². The van der Waals surface area contributed by atoms with Crippen molar-refractivity contribution in [3.8, 4) is 11.5 Å². The molecule has 100 valence electrons. The fourth-order valence-electron chi connectivity index (χ4n) is 1.63. The third-order valence-electron chi connectivity index (χ3n) is 2.49. The molecule has 3 nitrogen and oxygen atoms in total. The van der Waals surface area contributed by atoms with Gasteiger partial charge in [0.1, 0.15) is 11.5 Å². The molecule has 0 radical (unpaired) electrons. The van der Waals surface area contributed by atoms with Crippen molar-refractivity contribution in [1.82, 2.24) is 0 Å². The summed E-state index contributed by atoms with van der Waals surface area (Å²) in [7, 11) is 0. The van der Waals surface area contributed by atoms with Gasteiger partial charge in [0.2, 0.25) is 6.29 Å². The molecule has 0 saturated heterocycles. The van der Waals surface area contributed by atoms with Crippen LogP contribution in [0.3, 0.4) is 0 Å². The van der Waals surface area contributed by atoms with Gasteiger partial charge in [-0.3, -0.25) is 0 Å². The molecule has 2 rings (SSSR count). The molecule has 0 spiro atoms. The van der Waals surface area contributed by atoms with Crippen molar-refractivity contribution in [2.75, 3.05) is 13.2 Å². The van der Waals surface area contributed by atoms with Gasteiger partial charge in [-0.1, -0.05) is 36.4 Å². The average Bonchev–Trinajstić information content (AvgIpc) is 2.47. The van der Waals surface area contributed by atoms with Gasteiger partial charge in [-0.2, -0.15) is 0 Å². The van der Waals surface area contributed by atoms with E-state index in [2.05, 4.69) is 0 Å². The van der Waals surface area contributed by atoms with E-state index in [1.165, 1.54) is 0 Å². The molecule has 0 aliphatic rings. The summed E-state index contributed by atoms with van der Waals surface area (Å²) in [5, 5.41) is 0. The van der Waals surface area contributed by atoms with Gasteiger partial charge in [-0.25, -0.2) is 0 Å². The van der Waals surface area contributed by atoms with E-state index in [1.807, 2.05) is 67.6 Å². The zero-order valence-electron chi connectivity index (χ0n) is 11.0. The highest BCUT2D eigenvalue weighted by atomic mass is 16.7. The normalized spacial score (nSPS) is 11.8. The largest absolute Gasteiger partial charge is 0.487 e. The number of para-hydroxylation sites is 2. The Morgan fingerprint density at radius 2 is 1.42 bits per heavy atom. The molecule has 3 heteroatoms. The Labute approximate surface area is 113 Å². The maximum absolute atomic E-state index is 5.73. The fourth-order valence-corrected chi connectivity index (χ4v) is 1.63. The molecule has 19 heavy (non-hydrogen) atoms. The van der Waals surface area contributed by atoms with Crippen LogP contribution in [0.15, 0.2) is 60.7 Å². The standard InChI is InChI=1S/C16H18O3/c1-2-17-16(19-15-11-7-4-8-12-15)13-18-14-9-5-3-6-10-14/h3-12,16H,2,13H2,1H3. The highest BCUT2D eigenvalue weighted by Gasteiger charge is 2.11. The predicted octanol–water partition coefficient (Wildman–Crippen LogP) is 3.51. The first kappa shape index (κ1) is 13.4. The summed E-state index contributed by atoms with van der Waals surface area (Å²) < 4.78 is 16.9. The molecule has 0 N–H and O–H groups in total. The molecule has 1 unspecified atom stereocenters. The number of hydrogen-bond donors (Lipinski definition) is 0. The molecule has 0 saturated carbocycles. The van der Waals surface area contributed by atoms with Crippen LogP contribution in [-0.4, -0.2) is 19.5 Å². The van der Waals surface area contributed by atoms with E-state index >= 15 is 0 Å². The van der Waals surface area contributed by atoms with Crippen LogP contribution in [0.25, 0.3) is 0 Å². The minimum absolute atomic E-state index is 0.354. The number of rotatable bonds is 7. The van der Waals surface area contributed by atoms with E-state index in [-0.39, 0.29) is 0 Å². The summed E-state index contributed by atoms with van der Waals surface area (Å²) in [6.07, 6.45) is -0.410. The lowest BCUT2D eigenvalue weighted by Gasteiger charge is -2.19. The van der Waals surface area contributed by atoms with E-state index in [1.54, 1.807) is 0 Å². The SMILES string of the molecule is CCOC(COc1ccccc1)Oc1ccccc1. The Morgan fingerprint density at radius 3 is 2.00 bits per heavy atom. The van der Waals surface area contributed by atoms with E-state index in [4.69, 9.17) is 14.2 Å². The summed E-state index contributed by atoms with van der Waals surface area (Å²) >= 11 is 0. The summed E-state index contributed by atoms with van der Waals surface area (Å²) in [4.78, 5) is 0. The van der Waals surface area contributed by atoms with Gasteiger partial charge >= 0.3 is 0 Å². The summed E-state index contributed by atoms with van der Waals surface area (Å²) in [6, 6.07) is 19.2. The minimum atomic E-state index is -0.410. The van der Waals surface area contributed by atoms with E-state index in [9.17, 15) is 0 Å². The summed E-state index contributed by atoms with van der Waals surface area (Å²) in [6.45, 7) is 2.87. The van der Waals surface area contributed by atoms with Crippen LogP contribution >= 0.6 is 0 Å². The first-order valence-corrected chi connectivity index (χ1v) is 6.39. The molecule has 2 aromatic rings. The van der Waals surface area contributed by atoms with Crippen molar-refractivity contribution in [2.24, 2.45) is 0 Å². The zero-order chi connectivity index (χ0) is 13.3. The Morgan fingerprint density at radius 1 is 0.842 bits per heavy atom. The quantitative estimate of drug-likeness (QED) is 0.711. The van der Waals surface area contributed by atoms with E-state index in [0.717, 1.165) is 11.5 Å². The lowest BCUT2D eigenvalue weighted by molar-refractivity contribution is -0.0971. The lowest BCUT2D eigenvalue weighted by atomic mass is 10.3. The average molecular weight is 258 g/mol. The molecule has 2 aromatic carbocycles. The summed E-state index contributed by atoms with van der Waals surface area (Å²) in [5.41, 5.74) is 0. The Balaban J connectivity index is 1.89. The number of ether oxygens (including phenoxy) is 3. The third-order valence-corrected chi connectivity index (χ3v) is 2.49. The van der Waals surface area contributed by atoms with Gasteiger partial charge in [-0.15, -0.1) is 0 Å². The number of benzene rings is 2. The van der Waals surface area contributed by atoms with Crippen molar-refractivity contribution in [1.29, 1.82) is 0 Å². The molecule has 0 heterocycles. The first-order chi connectivity index (χ1) is 9.38. The maximum Gasteiger partial charge on any atom is 0.234 e. The van der Waals surface area contributed by atoms with Gasteiger partial charge in [-0.05, 0) is 31.2 Å². The summed E-state index contributed by atoms with van der Waals surface area (Å²) in [5.74, 6) is 1.58. The van der Waals surface area contributed by atoms with Gasteiger partial charge in [0.05, 0.1) is 0 Å². The minimum Gasteiger partial charge on any atom is -0.487 e. The second-order valence-corrected chi connectivity index (χ2v) is 3.94. The van der Waals surface area contributed by atoms with Crippen molar-refractivity contribution in [3.63, 3.8) is 0 Å². The van der Waals surface area contributed by atoms with Crippen LogP contribution in [-0.2, 0) is 4.74 Å². The smallest absolute Gasteiger partial charge is 0.234 e. The van der Waals surface area contributed by atoms with Crippen molar-refractivity contribution in [2.45, 2.75) is 13.2 Å². The first-order valence-electron chi connectivity index (χ1n) is 6.39. The van der Waals surface area contributed by atoms with E-state index < -0.39 is 6.29 Å². The highest BCUT2D eigenvalue weighted by molar-refractivity contribution is 5.22. The van der Waals surface area contributed by atoms with Gasteiger partial charge in [0.25, 0.3) is 0 Å². The van der Waals surface area contributed by atoms with Gasteiger partial charge < -0.3 is 14.2 Å². The second-order valence-electron chi connectivity index (χ2n) is 3.94. The fraction of sp³-hybridized carbons (Fsp3) is 0.250. The lowest BCUT2D eigenvalue weighted by Crippen LogP contribution is -2.28. The van der Waals surface area contributed by atoms with Gasteiger partial charge in [0.15, 0.2) is 6.61 Å². The van der Waals surface area contributed by atoms with Crippen molar-refractivity contribution < 1.29 is 14.2 Å². The molecular formula is C16H18O3. The topological polar surface area (TPSA) is 27.7 Å². The van der Waals surface area contributed by atoms with Crippen LogP contribution in [0, 0.1) is 0 Å². The molecule has 0 aliphatic heterocycles. The van der Waals surface area contributed by atoms with Crippen LogP contribution in [0.2, 0.25) is 0 Å². The molecular weight excluding hydrogens is 240 g/mol. The predicted molar refractivity (Wildman–Crippen MR) is 74.4 cm³/mol. The van der Waals surface area contributed by atoms with Crippen LogP contribution in [0.1, 0.15) is 6.92 Å². The van der Waals surface area contributed by atoms with Crippen LogP contribution < -0.4 is 9.47 Å². The molecule has 0 bridgehead atoms. The monoisotopic (exact) mass is 258 g/mol. The van der Waals surface area contributed by atoms with Crippen molar-refractivity contribution >= 4 is 0 Å². The molecule has 0 aromatic heterocycles. The number of hydrogen-bond acceptors (Lipinski definition) is 3. The molecule has 0 amide bonds. The molecule has 0 aliphatic carbocycles. The van der Waals surface area contributed by atoms with Crippen molar-refractivity contribution in [3.05, 3.63) is 60.7 Å². The zero-order valence-corrected chi connectivity index (χ0v) is 11.0. The van der Waals surface area contributed by atoms with Crippen LogP contribution in [0.5, 0.6) is 11.5 Å². The highest BCUT2D eigenvalue weighted by Crippen LogP contribution is 2.14. The Bertz CT molecular complexity index is 456. The maximum atomic E-state index is 5.73. The molecule has 1 atom stereocenters. The van der Waals surface area contributed by atoms with E-state index in [0.29, 0.717) is 13.2 Å². The Kier molecular flexibility index (Phi) is 5.26.